The van der Waals surface area contributed by atoms with Crippen LogP contribution in [-0.4, -0.2) is 12.1 Å². The smallest absolute Gasteiger partial charge is 0.338 e. The van der Waals surface area contributed by atoms with E-state index in [1.807, 2.05) is 13.8 Å². The van der Waals surface area contributed by atoms with Crippen molar-refractivity contribution in [2.45, 2.75) is 26.4 Å². The zero-order valence-electron chi connectivity index (χ0n) is 8.79. The van der Waals surface area contributed by atoms with Gasteiger partial charge < -0.3 is 10.5 Å². The Labute approximate surface area is 97.7 Å². The minimum absolute atomic E-state index is 0.0672. The van der Waals surface area contributed by atoms with Crippen LogP contribution in [0.4, 0.5) is 5.69 Å². The molecule has 15 heavy (non-hydrogen) atoms. The van der Waals surface area contributed by atoms with E-state index in [1.54, 1.807) is 18.2 Å². The maximum absolute atomic E-state index is 11.6. The lowest BCUT2D eigenvalue weighted by molar-refractivity contribution is 0.0334. The Kier molecular flexibility index (Phi) is 4.15. The van der Waals surface area contributed by atoms with E-state index in [0.717, 1.165) is 10.9 Å². The van der Waals surface area contributed by atoms with Gasteiger partial charge in [0.1, 0.15) is 0 Å². The van der Waals surface area contributed by atoms with E-state index in [0.29, 0.717) is 11.3 Å². The van der Waals surface area contributed by atoms with Crippen molar-refractivity contribution in [2.75, 3.05) is 5.73 Å². The quantitative estimate of drug-likeness (QED) is 0.679. The molecule has 0 amide bonds. The molecule has 0 heterocycles. The highest BCUT2D eigenvalue weighted by molar-refractivity contribution is 9.10. The number of hydrogen-bond acceptors (Lipinski definition) is 3. The molecule has 1 rings (SSSR count). The minimum atomic E-state index is -0.330. The average Bonchev–Trinajstić information content (AvgIpc) is 2.21. The number of rotatable bonds is 3. The lowest BCUT2D eigenvalue weighted by Crippen LogP contribution is -2.14. The normalized spacial score (nSPS) is 12.2. The topological polar surface area (TPSA) is 52.3 Å². The molecule has 4 heteroatoms. The Morgan fingerprint density at radius 2 is 2.27 bits per heavy atom. The lowest BCUT2D eigenvalue weighted by atomic mass is 10.2. The van der Waals surface area contributed by atoms with Gasteiger partial charge in [-0.1, -0.05) is 6.92 Å². The Morgan fingerprint density at radius 3 is 2.80 bits per heavy atom. The van der Waals surface area contributed by atoms with E-state index in [2.05, 4.69) is 15.9 Å². The first kappa shape index (κ1) is 12.0. The first-order valence-electron chi connectivity index (χ1n) is 4.80. The molecule has 0 aliphatic rings. The van der Waals surface area contributed by atoms with Crippen LogP contribution in [0.3, 0.4) is 0 Å². The average molecular weight is 272 g/mol. The van der Waals surface area contributed by atoms with Crippen molar-refractivity contribution >= 4 is 27.6 Å². The molecule has 0 bridgehead atoms. The summed E-state index contributed by atoms with van der Waals surface area (Å²) in [6, 6.07) is 5.03. The van der Waals surface area contributed by atoms with Crippen LogP contribution in [0.15, 0.2) is 22.7 Å². The van der Waals surface area contributed by atoms with Gasteiger partial charge in [0, 0.05) is 10.2 Å². The van der Waals surface area contributed by atoms with Gasteiger partial charge >= 0.3 is 5.97 Å². The van der Waals surface area contributed by atoms with Crippen molar-refractivity contribution in [2.24, 2.45) is 0 Å². The third-order valence-corrected chi connectivity index (χ3v) is 2.84. The van der Waals surface area contributed by atoms with Gasteiger partial charge in [-0.25, -0.2) is 4.79 Å². The van der Waals surface area contributed by atoms with Crippen molar-refractivity contribution in [1.82, 2.24) is 0 Å². The van der Waals surface area contributed by atoms with Gasteiger partial charge in [0.15, 0.2) is 0 Å². The molecule has 0 saturated carbocycles. The van der Waals surface area contributed by atoms with E-state index >= 15 is 0 Å². The van der Waals surface area contributed by atoms with Crippen LogP contribution in [0.5, 0.6) is 0 Å². The van der Waals surface area contributed by atoms with Crippen LogP contribution < -0.4 is 5.73 Å². The number of nitrogen functional groups attached to an aromatic ring is 1. The van der Waals surface area contributed by atoms with Gasteiger partial charge in [-0.15, -0.1) is 0 Å². The number of anilines is 1. The van der Waals surface area contributed by atoms with E-state index in [9.17, 15) is 4.79 Å². The standard InChI is InChI=1S/C11H14BrNO2/c1-3-7(2)15-11(14)8-4-5-9(12)10(13)6-8/h4-7H,3,13H2,1-2H3. The highest BCUT2D eigenvalue weighted by Gasteiger charge is 2.11. The van der Waals surface area contributed by atoms with Crippen molar-refractivity contribution < 1.29 is 9.53 Å². The fourth-order valence-electron chi connectivity index (χ4n) is 1.00. The number of carbonyl (C=O) groups is 1. The molecule has 1 aromatic carbocycles. The Morgan fingerprint density at radius 1 is 1.60 bits per heavy atom. The zero-order valence-corrected chi connectivity index (χ0v) is 10.4. The lowest BCUT2D eigenvalue weighted by Gasteiger charge is -2.11. The maximum Gasteiger partial charge on any atom is 0.338 e. The van der Waals surface area contributed by atoms with E-state index in [-0.39, 0.29) is 12.1 Å². The molecule has 0 spiro atoms. The van der Waals surface area contributed by atoms with Crippen LogP contribution in [0.2, 0.25) is 0 Å². The second kappa shape index (κ2) is 5.16. The van der Waals surface area contributed by atoms with Crippen molar-refractivity contribution in [1.29, 1.82) is 0 Å². The van der Waals surface area contributed by atoms with Gasteiger partial charge in [-0.2, -0.15) is 0 Å². The molecule has 0 aliphatic heterocycles. The largest absolute Gasteiger partial charge is 0.459 e. The Hall–Kier alpha value is -1.03. The van der Waals surface area contributed by atoms with E-state index < -0.39 is 0 Å². The van der Waals surface area contributed by atoms with Crippen molar-refractivity contribution in [3.05, 3.63) is 28.2 Å². The zero-order chi connectivity index (χ0) is 11.4. The van der Waals surface area contributed by atoms with Gasteiger partial charge in [-0.05, 0) is 47.5 Å². The fourth-order valence-corrected chi connectivity index (χ4v) is 1.25. The second-order valence-corrected chi connectivity index (χ2v) is 4.21. The van der Waals surface area contributed by atoms with E-state index in [4.69, 9.17) is 10.5 Å². The third-order valence-electron chi connectivity index (χ3n) is 2.11. The van der Waals surface area contributed by atoms with Crippen LogP contribution >= 0.6 is 15.9 Å². The monoisotopic (exact) mass is 271 g/mol. The number of benzene rings is 1. The number of hydrogen-bond donors (Lipinski definition) is 1. The molecule has 0 radical (unpaired) electrons. The molecule has 82 valence electrons. The van der Waals surface area contributed by atoms with Crippen molar-refractivity contribution in [3.63, 3.8) is 0 Å². The molecule has 3 nitrogen and oxygen atoms in total. The molecular weight excluding hydrogens is 258 g/mol. The molecule has 0 aliphatic carbocycles. The fraction of sp³-hybridized carbons (Fsp3) is 0.364. The van der Waals surface area contributed by atoms with Crippen molar-refractivity contribution in [3.8, 4) is 0 Å². The minimum Gasteiger partial charge on any atom is -0.459 e. The van der Waals surface area contributed by atoms with Gasteiger partial charge in [0.25, 0.3) is 0 Å². The summed E-state index contributed by atoms with van der Waals surface area (Å²) in [5.74, 6) is -0.330. The number of carbonyl (C=O) groups excluding carboxylic acids is 1. The summed E-state index contributed by atoms with van der Waals surface area (Å²) >= 11 is 3.27. The van der Waals surface area contributed by atoms with E-state index in [1.165, 1.54) is 0 Å². The third kappa shape index (κ3) is 3.23. The predicted molar refractivity (Wildman–Crippen MR) is 63.7 cm³/mol. The summed E-state index contributed by atoms with van der Waals surface area (Å²) in [6.45, 7) is 3.83. The molecule has 1 unspecified atom stereocenters. The van der Waals surface area contributed by atoms with Crippen LogP contribution in [0.1, 0.15) is 30.6 Å². The first-order chi connectivity index (χ1) is 7.04. The molecule has 0 fully saturated rings. The highest BCUT2D eigenvalue weighted by atomic mass is 79.9. The Bertz CT molecular complexity index is 366. The number of ether oxygens (including phenoxy) is 1. The number of halogens is 1. The van der Waals surface area contributed by atoms with Gasteiger partial charge in [-0.3, -0.25) is 0 Å². The summed E-state index contributed by atoms with van der Waals surface area (Å²) in [4.78, 5) is 11.6. The number of esters is 1. The first-order valence-corrected chi connectivity index (χ1v) is 5.60. The van der Waals surface area contributed by atoms with Gasteiger partial charge in [0.05, 0.1) is 11.7 Å². The highest BCUT2D eigenvalue weighted by Crippen LogP contribution is 2.20. The predicted octanol–water partition coefficient (Wildman–Crippen LogP) is 2.99. The second-order valence-electron chi connectivity index (χ2n) is 3.36. The summed E-state index contributed by atoms with van der Waals surface area (Å²) in [7, 11) is 0. The Balaban J connectivity index is 2.78. The molecule has 0 aromatic heterocycles. The summed E-state index contributed by atoms with van der Waals surface area (Å²) in [5, 5.41) is 0. The molecule has 1 atom stereocenters. The van der Waals surface area contributed by atoms with Crippen LogP contribution in [0.25, 0.3) is 0 Å². The summed E-state index contributed by atoms with van der Waals surface area (Å²) in [5.41, 5.74) is 6.69. The molecule has 0 saturated heterocycles. The molecular formula is C11H14BrNO2. The summed E-state index contributed by atoms with van der Waals surface area (Å²) in [6.07, 6.45) is 0.736. The van der Waals surface area contributed by atoms with Crippen LogP contribution in [0, 0.1) is 0 Å². The molecule has 2 N–H and O–H groups in total. The molecule has 1 aromatic rings. The maximum atomic E-state index is 11.6. The summed E-state index contributed by atoms with van der Waals surface area (Å²) < 4.78 is 5.95. The van der Waals surface area contributed by atoms with Gasteiger partial charge in [0.2, 0.25) is 0 Å². The SMILES string of the molecule is CCC(C)OC(=O)c1ccc(Br)c(N)c1. The van der Waals surface area contributed by atoms with Crippen LogP contribution in [-0.2, 0) is 4.74 Å². The number of nitrogens with two attached hydrogens (primary N) is 1.